The number of nitrogens with zero attached hydrogens (tertiary/aromatic N) is 2. The van der Waals surface area contributed by atoms with Gasteiger partial charge in [-0.15, -0.1) is 5.01 Å². The van der Waals surface area contributed by atoms with Crippen molar-refractivity contribution in [2.75, 3.05) is 6.61 Å². The van der Waals surface area contributed by atoms with E-state index in [0.29, 0.717) is 42.9 Å². The smallest absolute Gasteiger partial charge is 0.346 e. The van der Waals surface area contributed by atoms with E-state index in [1.54, 1.807) is 6.92 Å². The number of hydrogen-bond donors (Lipinski definition) is 1. The van der Waals surface area contributed by atoms with E-state index < -0.39 is 23.3 Å². The Labute approximate surface area is 133 Å². The van der Waals surface area contributed by atoms with Gasteiger partial charge in [-0.25, -0.2) is 9.18 Å². The summed E-state index contributed by atoms with van der Waals surface area (Å²) in [7, 11) is 0. The molecule has 2 aliphatic heterocycles. The normalized spacial score (nSPS) is 25.9. The van der Waals surface area contributed by atoms with Crippen LogP contribution in [0, 0.1) is 5.82 Å². The minimum atomic E-state index is -0.951. The van der Waals surface area contributed by atoms with Gasteiger partial charge in [0.1, 0.15) is 17.1 Å². The number of hydrazone groups is 1. The predicted molar refractivity (Wildman–Crippen MR) is 81.7 cm³/mol. The second kappa shape index (κ2) is 5.64. The molecule has 2 heterocycles. The second-order valence-corrected chi connectivity index (χ2v) is 5.87. The molecule has 3 amide bonds. The minimum Gasteiger partial charge on any atom is -0.493 e. The molecule has 1 aromatic carbocycles. The van der Waals surface area contributed by atoms with Crippen molar-refractivity contribution in [3.63, 3.8) is 0 Å². The van der Waals surface area contributed by atoms with Crippen molar-refractivity contribution in [1.29, 1.82) is 0 Å². The van der Waals surface area contributed by atoms with Crippen LogP contribution in [0.2, 0.25) is 0 Å². The van der Waals surface area contributed by atoms with E-state index in [0.717, 1.165) is 5.01 Å². The number of urea groups is 1. The van der Waals surface area contributed by atoms with E-state index in [-0.39, 0.29) is 0 Å². The summed E-state index contributed by atoms with van der Waals surface area (Å²) in [5, 5.41) is 7.72. The molecule has 0 aliphatic carbocycles. The minimum absolute atomic E-state index is 0.402. The van der Waals surface area contributed by atoms with Gasteiger partial charge in [-0.1, -0.05) is 6.92 Å². The van der Waals surface area contributed by atoms with Crippen molar-refractivity contribution in [3.8, 4) is 5.75 Å². The zero-order valence-corrected chi connectivity index (χ0v) is 13.1. The molecule has 1 saturated heterocycles. The van der Waals surface area contributed by atoms with Crippen LogP contribution in [0.5, 0.6) is 5.75 Å². The molecule has 1 atom stereocenters. The third-order valence-corrected chi connectivity index (χ3v) is 4.24. The van der Waals surface area contributed by atoms with Crippen molar-refractivity contribution in [3.05, 3.63) is 29.6 Å². The first-order valence-corrected chi connectivity index (χ1v) is 7.61. The standard InChI is InChI=1S/C16H18FN3O3/c1-3-16(2)14(21)20(15(22)18-16)19-12-5-4-8-23-13-7-6-10(17)9-11(12)13/h6-7,9H,3-5,8H2,1-2H3,(H,18,22)/b19-12+. The maximum atomic E-state index is 13.6. The van der Waals surface area contributed by atoms with Gasteiger partial charge in [0, 0.05) is 5.56 Å². The number of carbonyl (C=O) groups excluding carboxylic acids is 2. The van der Waals surface area contributed by atoms with Gasteiger partial charge in [0.15, 0.2) is 0 Å². The van der Waals surface area contributed by atoms with Gasteiger partial charge >= 0.3 is 6.03 Å². The van der Waals surface area contributed by atoms with Crippen molar-refractivity contribution in [2.45, 2.75) is 38.6 Å². The number of nitrogens with one attached hydrogen (secondary N) is 1. The van der Waals surface area contributed by atoms with Crippen molar-refractivity contribution in [2.24, 2.45) is 5.10 Å². The maximum Gasteiger partial charge on any atom is 0.346 e. The highest BCUT2D eigenvalue weighted by Crippen LogP contribution is 2.27. The molecule has 3 rings (SSSR count). The molecule has 0 bridgehead atoms. The lowest BCUT2D eigenvalue weighted by Crippen LogP contribution is -2.42. The number of carbonyl (C=O) groups is 2. The van der Waals surface area contributed by atoms with Crippen LogP contribution < -0.4 is 10.1 Å². The molecular weight excluding hydrogens is 301 g/mol. The fourth-order valence-electron chi connectivity index (χ4n) is 2.63. The van der Waals surface area contributed by atoms with Gasteiger partial charge in [-0.2, -0.15) is 5.10 Å². The maximum absolute atomic E-state index is 13.6. The van der Waals surface area contributed by atoms with E-state index in [9.17, 15) is 14.0 Å². The van der Waals surface area contributed by atoms with Gasteiger partial charge in [0.25, 0.3) is 5.91 Å². The third-order valence-electron chi connectivity index (χ3n) is 4.24. The van der Waals surface area contributed by atoms with Crippen molar-refractivity contribution >= 4 is 17.6 Å². The number of amides is 3. The average Bonchev–Trinajstić information content (AvgIpc) is 2.68. The molecule has 122 valence electrons. The quantitative estimate of drug-likeness (QED) is 0.851. The zero-order chi connectivity index (χ0) is 16.6. The van der Waals surface area contributed by atoms with Gasteiger partial charge < -0.3 is 10.1 Å². The van der Waals surface area contributed by atoms with Crippen LogP contribution in [0.3, 0.4) is 0 Å². The first-order chi connectivity index (χ1) is 10.9. The molecule has 1 aromatic rings. The van der Waals surface area contributed by atoms with E-state index in [2.05, 4.69) is 10.4 Å². The molecule has 1 N–H and O–H groups in total. The van der Waals surface area contributed by atoms with Crippen LogP contribution in [0.25, 0.3) is 0 Å². The first-order valence-electron chi connectivity index (χ1n) is 7.61. The summed E-state index contributed by atoms with van der Waals surface area (Å²) in [5.74, 6) is -0.314. The molecular formula is C16H18FN3O3. The molecule has 0 radical (unpaired) electrons. The second-order valence-electron chi connectivity index (χ2n) is 5.87. The number of benzene rings is 1. The van der Waals surface area contributed by atoms with Gasteiger partial charge in [0.2, 0.25) is 0 Å². The molecule has 0 spiro atoms. The summed E-state index contributed by atoms with van der Waals surface area (Å²) in [5.41, 5.74) is 0.00158. The number of rotatable bonds is 2. The monoisotopic (exact) mass is 319 g/mol. The van der Waals surface area contributed by atoms with Crippen LogP contribution in [0.4, 0.5) is 9.18 Å². The molecule has 1 unspecified atom stereocenters. The molecule has 1 fully saturated rings. The van der Waals surface area contributed by atoms with Crippen LogP contribution in [-0.2, 0) is 4.79 Å². The number of fused-ring (bicyclic) bond motifs is 1. The lowest BCUT2D eigenvalue weighted by Gasteiger charge is -2.17. The highest BCUT2D eigenvalue weighted by Gasteiger charge is 2.47. The van der Waals surface area contributed by atoms with E-state index in [1.807, 2.05) is 6.92 Å². The fraction of sp³-hybridized carbons (Fsp3) is 0.438. The lowest BCUT2D eigenvalue weighted by molar-refractivity contribution is -0.130. The first kappa shape index (κ1) is 15.5. The zero-order valence-electron chi connectivity index (χ0n) is 13.1. The van der Waals surface area contributed by atoms with Gasteiger partial charge in [-0.05, 0) is 44.4 Å². The molecule has 23 heavy (non-hydrogen) atoms. The third kappa shape index (κ3) is 2.67. The predicted octanol–water partition coefficient (Wildman–Crippen LogP) is 2.42. The Morgan fingerprint density at radius 2 is 2.22 bits per heavy atom. The topological polar surface area (TPSA) is 71.0 Å². The number of imide groups is 1. The Kier molecular flexibility index (Phi) is 3.79. The Morgan fingerprint density at radius 1 is 1.43 bits per heavy atom. The number of halogens is 1. The molecule has 7 heteroatoms. The van der Waals surface area contributed by atoms with Gasteiger partial charge in [0.05, 0.1) is 12.3 Å². The Morgan fingerprint density at radius 3 is 2.91 bits per heavy atom. The highest BCUT2D eigenvalue weighted by atomic mass is 19.1. The Balaban J connectivity index is 2.01. The molecule has 6 nitrogen and oxygen atoms in total. The van der Waals surface area contributed by atoms with Crippen LogP contribution >= 0.6 is 0 Å². The van der Waals surface area contributed by atoms with E-state index >= 15 is 0 Å². The number of ether oxygens (including phenoxy) is 1. The van der Waals surface area contributed by atoms with Gasteiger partial charge in [-0.3, -0.25) is 4.79 Å². The van der Waals surface area contributed by atoms with Crippen LogP contribution in [-0.4, -0.2) is 34.8 Å². The highest BCUT2D eigenvalue weighted by molar-refractivity contribution is 6.09. The fourth-order valence-corrected chi connectivity index (χ4v) is 2.63. The summed E-state index contributed by atoms with van der Waals surface area (Å²) in [6.45, 7) is 3.96. The summed E-state index contributed by atoms with van der Waals surface area (Å²) in [6, 6.07) is 3.60. The van der Waals surface area contributed by atoms with E-state index in [1.165, 1.54) is 18.2 Å². The molecule has 0 saturated carbocycles. The molecule has 0 aromatic heterocycles. The SMILES string of the molecule is CCC1(C)NC(=O)N(/N=C2\CCCOc3ccc(F)cc32)C1=O. The molecule has 2 aliphatic rings. The van der Waals surface area contributed by atoms with Crippen LogP contribution in [0.1, 0.15) is 38.7 Å². The number of hydrogen-bond acceptors (Lipinski definition) is 4. The van der Waals surface area contributed by atoms with Crippen LogP contribution in [0.15, 0.2) is 23.3 Å². The lowest BCUT2D eigenvalue weighted by atomic mass is 10.00. The average molecular weight is 319 g/mol. The summed E-state index contributed by atoms with van der Waals surface area (Å²) < 4.78 is 19.1. The van der Waals surface area contributed by atoms with Crippen molar-refractivity contribution < 1.29 is 18.7 Å². The summed E-state index contributed by atoms with van der Waals surface area (Å²) in [6.07, 6.45) is 1.63. The summed E-state index contributed by atoms with van der Waals surface area (Å²) >= 11 is 0. The Hall–Kier alpha value is -2.44. The summed E-state index contributed by atoms with van der Waals surface area (Å²) in [4.78, 5) is 24.5. The largest absolute Gasteiger partial charge is 0.493 e. The van der Waals surface area contributed by atoms with E-state index in [4.69, 9.17) is 4.74 Å². The van der Waals surface area contributed by atoms with Crippen molar-refractivity contribution in [1.82, 2.24) is 10.3 Å². The Bertz CT molecular complexity index is 704.